The number of rotatable bonds is 13. The lowest BCUT2D eigenvalue weighted by molar-refractivity contribution is -0.130. The van der Waals surface area contributed by atoms with Crippen molar-refractivity contribution in [3.8, 4) is 45.3 Å². The molecule has 0 saturated heterocycles. The Hall–Kier alpha value is -6.38. The zero-order valence-corrected chi connectivity index (χ0v) is 32.6. The predicted molar refractivity (Wildman–Crippen MR) is 231 cm³/mol. The van der Waals surface area contributed by atoms with E-state index in [0.717, 1.165) is 38.1 Å². The minimum atomic E-state index is -1.09. The van der Waals surface area contributed by atoms with E-state index in [1.54, 1.807) is 48.8 Å². The number of aliphatic carboxylic acids is 1. The maximum atomic E-state index is 12.6. The fraction of sp³-hybridized carbons (Fsp3) is 0.0417. The molecule has 0 spiro atoms. The van der Waals surface area contributed by atoms with Crippen molar-refractivity contribution in [3.63, 3.8) is 0 Å². The summed E-state index contributed by atoms with van der Waals surface area (Å²) in [6, 6.07) is 49.1. The molecule has 2 heterocycles. The van der Waals surface area contributed by atoms with Gasteiger partial charge in [0.2, 0.25) is 0 Å². The Labute approximate surface area is 343 Å². The molecule has 0 atom stereocenters. The first-order chi connectivity index (χ1) is 27.9. The second-order valence-electron chi connectivity index (χ2n) is 13.1. The zero-order valence-electron chi connectivity index (χ0n) is 30.3. The first-order valence-electron chi connectivity index (χ1n) is 18.0. The first-order valence-corrected chi connectivity index (χ1v) is 19.6. The van der Waals surface area contributed by atoms with Gasteiger partial charge in [0.1, 0.15) is 19.0 Å². The number of nitrogens with zero attached hydrogens (tertiary/aromatic N) is 1. The van der Waals surface area contributed by atoms with Crippen LogP contribution >= 0.6 is 34.5 Å². The lowest BCUT2D eigenvalue weighted by Crippen LogP contribution is -2.01. The summed E-state index contributed by atoms with van der Waals surface area (Å²) in [4.78, 5) is 17.3. The van der Waals surface area contributed by atoms with E-state index in [0.29, 0.717) is 55.5 Å². The summed E-state index contributed by atoms with van der Waals surface area (Å²) in [5.74, 6) is 0.793. The summed E-state index contributed by atoms with van der Waals surface area (Å²) in [6.45, 7) is 0.562. The highest BCUT2D eigenvalue weighted by Gasteiger charge is 2.21. The van der Waals surface area contributed by atoms with Crippen LogP contribution < -0.4 is 14.2 Å². The number of fused-ring (bicyclic) bond motifs is 1. The fourth-order valence-electron chi connectivity index (χ4n) is 6.29. The van der Waals surface area contributed by atoms with E-state index < -0.39 is 5.97 Å². The molecule has 2 aromatic heterocycles. The second kappa shape index (κ2) is 17.2. The minimum Gasteiger partial charge on any atom is -0.485 e. The Balaban J connectivity index is 1.18. The summed E-state index contributed by atoms with van der Waals surface area (Å²) in [7, 11) is 0. The average Bonchev–Trinajstić information content (AvgIpc) is 3.58. The van der Waals surface area contributed by atoms with E-state index in [1.807, 2.05) is 48.5 Å². The van der Waals surface area contributed by atoms with Crippen LogP contribution in [-0.4, -0.2) is 16.1 Å². The maximum absolute atomic E-state index is 12.6. The zero-order chi connectivity index (χ0) is 39.1. The Bertz CT molecular complexity index is 2680. The average molecular weight is 807 g/mol. The molecule has 0 fully saturated rings. The van der Waals surface area contributed by atoms with Gasteiger partial charge in [-0.25, -0.2) is 4.79 Å². The van der Waals surface area contributed by atoms with Crippen LogP contribution in [0.15, 0.2) is 164 Å². The lowest BCUT2D eigenvalue weighted by atomic mass is 10.0. The molecule has 0 bridgehead atoms. The van der Waals surface area contributed by atoms with E-state index in [1.165, 1.54) is 11.3 Å². The monoisotopic (exact) mass is 805 g/mol. The second-order valence-corrected chi connectivity index (χ2v) is 15.0. The highest BCUT2D eigenvalue weighted by atomic mass is 35.5. The SMILES string of the molecule is O=C(O)/C(=C/c1sc2cc(OCc3ccc(-c4ccccc4)cc3)c(OCc3ccc(-c4ccccc4)cc3)cc2c1Oc1ccc(Cl)c(Cl)c1)c1ccncc1. The van der Waals surface area contributed by atoms with Crippen molar-refractivity contribution >= 4 is 62.2 Å². The van der Waals surface area contributed by atoms with Crippen molar-refractivity contribution in [1.29, 1.82) is 0 Å². The van der Waals surface area contributed by atoms with Gasteiger partial charge in [-0.2, -0.15) is 0 Å². The van der Waals surface area contributed by atoms with Crippen molar-refractivity contribution in [2.45, 2.75) is 13.2 Å². The van der Waals surface area contributed by atoms with Crippen LogP contribution in [0.25, 0.3) is 44.0 Å². The molecule has 57 heavy (non-hydrogen) atoms. The molecule has 0 aliphatic rings. The Morgan fingerprint density at radius 3 is 1.72 bits per heavy atom. The van der Waals surface area contributed by atoms with Gasteiger partial charge in [0.15, 0.2) is 17.2 Å². The van der Waals surface area contributed by atoms with Gasteiger partial charge in [-0.05, 0) is 75.4 Å². The molecule has 8 aromatic rings. The highest BCUT2D eigenvalue weighted by Crippen LogP contribution is 2.47. The molecule has 6 aromatic carbocycles. The number of carboxylic acids is 1. The van der Waals surface area contributed by atoms with E-state index >= 15 is 0 Å². The number of pyridine rings is 1. The van der Waals surface area contributed by atoms with Gasteiger partial charge in [0.05, 0.1) is 20.5 Å². The maximum Gasteiger partial charge on any atom is 0.336 e. The van der Waals surface area contributed by atoms with Crippen molar-refractivity contribution in [1.82, 2.24) is 4.98 Å². The van der Waals surface area contributed by atoms with Crippen molar-refractivity contribution in [3.05, 3.63) is 196 Å². The number of hydrogen-bond donors (Lipinski definition) is 1. The van der Waals surface area contributed by atoms with Crippen molar-refractivity contribution in [2.24, 2.45) is 0 Å². The third kappa shape index (κ3) is 8.87. The third-order valence-corrected chi connectivity index (χ3v) is 11.1. The first kappa shape index (κ1) is 37.5. The molecule has 0 amide bonds. The number of hydrogen-bond acceptors (Lipinski definition) is 6. The molecule has 0 radical (unpaired) electrons. The van der Waals surface area contributed by atoms with Crippen LogP contribution in [0.1, 0.15) is 21.6 Å². The number of halogens is 2. The summed E-state index contributed by atoms with van der Waals surface area (Å²) in [5, 5.41) is 11.7. The van der Waals surface area contributed by atoms with Crippen LogP contribution in [0.2, 0.25) is 10.0 Å². The Morgan fingerprint density at radius 1 is 0.632 bits per heavy atom. The van der Waals surface area contributed by atoms with Crippen LogP contribution in [0, 0.1) is 0 Å². The molecule has 0 aliphatic carbocycles. The molecule has 0 saturated carbocycles. The number of carbonyl (C=O) groups is 1. The van der Waals surface area contributed by atoms with Gasteiger partial charge < -0.3 is 19.3 Å². The van der Waals surface area contributed by atoms with E-state index in [-0.39, 0.29) is 12.2 Å². The van der Waals surface area contributed by atoms with E-state index in [4.69, 9.17) is 37.4 Å². The van der Waals surface area contributed by atoms with Crippen LogP contribution in [0.4, 0.5) is 0 Å². The summed E-state index contributed by atoms with van der Waals surface area (Å²) in [5.41, 5.74) is 7.03. The molecule has 8 rings (SSSR count). The molecule has 0 unspecified atom stereocenters. The largest absolute Gasteiger partial charge is 0.485 e. The molecule has 9 heteroatoms. The third-order valence-electron chi connectivity index (χ3n) is 9.25. The molecular formula is C48H33Cl2NO5S. The van der Waals surface area contributed by atoms with Gasteiger partial charge >= 0.3 is 5.97 Å². The number of carboxylic acid groups (broad SMARTS) is 1. The van der Waals surface area contributed by atoms with Crippen LogP contribution in [0.3, 0.4) is 0 Å². The summed E-state index contributed by atoms with van der Waals surface area (Å²) in [6.07, 6.45) is 4.72. The molecule has 6 nitrogen and oxygen atoms in total. The fourth-order valence-corrected chi connectivity index (χ4v) is 7.66. The summed E-state index contributed by atoms with van der Waals surface area (Å²) >= 11 is 14.0. The summed E-state index contributed by atoms with van der Waals surface area (Å²) < 4.78 is 20.4. The van der Waals surface area contributed by atoms with Gasteiger partial charge in [-0.15, -0.1) is 11.3 Å². The van der Waals surface area contributed by atoms with Gasteiger partial charge in [-0.1, -0.05) is 132 Å². The highest BCUT2D eigenvalue weighted by molar-refractivity contribution is 7.20. The number of aromatic nitrogens is 1. The smallest absolute Gasteiger partial charge is 0.336 e. The van der Waals surface area contributed by atoms with Gasteiger partial charge in [-0.3, -0.25) is 4.98 Å². The standard InChI is InChI=1S/C48H33Cl2NO5S/c49-41-20-19-38(25-42(41)50)56-47-40-26-43(54-29-31-11-15-35(16-12-31)33-7-3-1-4-8-33)44(55-30-32-13-17-36(18-14-32)34-9-5-2-6-10-34)28-45(40)57-46(47)27-39(48(52)53)37-21-23-51-24-22-37/h1-28H,29-30H2,(H,52,53)/b39-27+. The van der Waals surface area contributed by atoms with Crippen molar-refractivity contribution < 1.29 is 24.1 Å². The number of thiophene rings is 1. The molecular weight excluding hydrogens is 774 g/mol. The molecule has 280 valence electrons. The van der Waals surface area contributed by atoms with Crippen LogP contribution in [0.5, 0.6) is 23.0 Å². The number of ether oxygens (including phenoxy) is 3. The molecule has 0 aliphatic heterocycles. The normalized spacial score (nSPS) is 11.4. The van der Waals surface area contributed by atoms with E-state index in [9.17, 15) is 9.90 Å². The quantitative estimate of drug-likeness (QED) is 0.117. The molecule has 1 N–H and O–H groups in total. The predicted octanol–water partition coefficient (Wildman–Crippen LogP) is 13.5. The van der Waals surface area contributed by atoms with Gasteiger partial charge in [0, 0.05) is 34.6 Å². The Morgan fingerprint density at radius 2 is 1.18 bits per heavy atom. The van der Waals surface area contributed by atoms with E-state index in [2.05, 4.69) is 77.8 Å². The van der Waals surface area contributed by atoms with Crippen molar-refractivity contribution in [2.75, 3.05) is 0 Å². The lowest BCUT2D eigenvalue weighted by Gasteiger charge is -2.15. The Kier molecular flexibility index (Phi) is 11.3. The minimum absolute atomic E-state index is 0.0776. The topological polar surface area (TPSA) is 77.9 Å². The van der Waals surface area contributed by atoms with Gasteiger partial charge in [0.25, 0.3) is 0 Å². The number of benzene rings is 6. The van der Waals surface area contributed by atoms with Crippen LogP contribution in [-0.2, 0) is 18.0 Å².